The number of ether oxygens (including phenoxy) is 2. The van der Waals surface area contributed by atoms with Crippen LogP contribution in [0.5, 0.6) is 5.75 Å². The molecule has 8 nitrogen and oxygen atoms in total. The monoisotopic (exact) mass is 409 g/mol. The molecule has 1 fully saturated rings. The van der Waals surface area contributed by atoms with E-state index in [4.69, 9.17) is 13.9 Å². The molecule has 4 heterocycles. The Morgan fingerprint density at radius 3 is 2.55 bits per heavy atom. The van der Waals surface area contributed by atoms with Crippen LogP contribution in [0.2, 0.25) is 0 Å². The largest absolute Gasteiger partial charge is 0.497 e. The lowest BCUT2D eigenvalue weighted by molar-refractivity contribution is 0.122. The number of rotatable bonds is 4. The molecule has 3 aromatic heterocycles. The predicted octanol–water partition coefficient (Wildman–Crippen LogP) is 3.56. The highest BCUT2D eigenvalue weighted by atomic mass is 32.1. The number of aromatic nitrogens is 4. The number of fused-ring (bicyclic) bond motifs is 1. The minimum absolute atomic E-state index is 0.471. The maximum absolute atomic E-state index is 5.99. The van der Waals surface area contributed by atoms with Gasteiger partial charge >= 0.3 is 0 Å². The van der Waals surface area contributed by atoms with Gasteiger partial charge in [0, 0.05) is 18.7 Å². The van der Waals surface area contributed by atoms with E-state index < -0.39 is 0 Å². The van der Waals surface area contributed by atoms with Gasteiger partial charge in [-0.25, -0.2) is 9.97 Å². The summed E-state index contributed by atoms with van der Waals surface area (Å²) in [5.41, 5.74) is 1.90. The Hall–Kier alpha value is -3.04. The molecule has 0 bridgehead atoms. The van der Waals surface area contributed by atoms with E-state index in [9.17, 15) is 0 Å². The van der Waals surface area contributed by atoms with Gasteiger partial charge in [-0.2, -0.15) is 0 Å². The van der Waals surface area contributed by atoms with Crippen LogP contribution >= 0.6 is 11.3 Å². The Morgan fingerprint density at radius 1 is 1.03 bits per heavy atom. The fraction of sp³-hybridized carbons (Fsp3) is 0.300. The third-order valence-electron chi connectivity index (χ3n) is 4.97. The van der Waals surface area contributed by atoms with E-state index in [2.05, 4.69) is 32.0 Å². The van der Waals surface area contributed by atoms with Crippen molar-refractivity contribution in [2.24, 2.45) is 0 Å². The van der Waals surface area contributed by atoms with E-state index in [1.165, 1.54) is 0 Å². The van der Waals surface area contributed by atoms with Crippen LogP contribution in [0, 0.1) is 6.92 Å². The highest BCUT2D eigenvalue weighted by Crippen LogP contribution is 2.40. The van der Waals surface area contributed by atoms with Crippen LogP contribution < -0.4 is 9.64 Å². The van der Waals surface area contributed by atoms with Gasteiger partial charge in [0.2, 0.25) is 5.89 Å². The summed E-state index contributed by atoms with van der Waals surface area (Å²) < 4.78 is 16.7. The molecule has 0 atom stereocenters. The lowest BCUT2D eigenvalue weighted by atomic mass is 10.2. The standard InChI is InChI=1S/C20H19N5O3S/c1-12-15-17(25-7-9-27-10-8-25)21-11-22-20(15)29-16(12)19-24-23-18(28-19)13-3-5-14(26-2)6-4-13/h3-6,11H,7-10H2,1-2H3. The molecule has 29 heavy (non-hydrogen) atoms. The lowest BCUT2D eigenvalue weighted by Gasteiger charge is -2.28. The van der Waals surface area contributed by atoms with Crippen molar-refractivity contribution in [3.63, 3.8) is 0 Å². The zero-order chi connectivity index (χ0) is 19.8. The summed E-state index contributed by atoms with van der Waals surface area (Å²) in [6.07, 6.45) is 1.61. The molecule has 0 amide bonds. The van der Waals surface area contributed by atoms with Gasteiger partial charge in [0.15, 0.2) is 0 Å². The molecule has 1 saturated heterocycles. The number of hydrogen-bond acceptors (Lipinski definition) is 9. The van der Waals surface area contributed by atoms with Crippen LogP contribution in [0.4, 0.5) is 5.82 Å². The zero-order valence-electron chi connectivity index (χ0n) is 16.1. The lowest BCUT2D eigenvalue weighted by Crippen LogP contribution is -2.36. The number of anilines is 1. The summed E-state index contributed by atoms with van der Waals surface area (Å²) in [4.78, 5) is 13.1. The maximum atomic E-state index is 5.99. The Kier molecular flexibility index (Phi) is 4.61. The number of thiophene rings is 1. The molecule has 9 heteroatoms. The molecular weight excluding hydrogens is 390 g/mol. The second-order valence-corrected chi connectivity index (χ2v) is 7.67. The molecular formula is C20H19N5O3S. The highest BCUT2D eigenvalue weighted by Gasteiger charge is 2.23. The highest BCUT2D eigenvalue weighted by molar-refractivity contribution is 7.22. The number of hydrogen-bond donors (Lipinski definition) is 0. The third kappa shape index (κ3) is 3.22. The molecule has 1 aliphatic rings. The van der Waals surface area contributed by atoms with Crippen molar-refractivity contribution in [3.05, 3.63) is 36.2 Å². The van der Waals surface area contributed by atoms with Crippen LogP contribution in [-0.4, -0.2) is 53.6 Å². The molecule has 0 radical (unpaired) electrons. The molecule has 0 unspecified atom stereocenters. The first-order valence-electron chi connectivity index (χ1n) is 9.29. The molecule has 148 valence electrons. The van der Waals surface area contributed by atoms with Gasteiger partial charge in [-0.3, -0.25) is 0 Å². The van der Waals surface area contributed by atoms with Crippen LogP contribution in [0.25, 0.3) is 32.4 Å². The van der Waals surface area contributed by atoms with Crippen molar-refractivity contribution in [3.8, 4) is 28.0 Å². The number of nitrogens with zero attached hydrogens (tertiary/aromatic N) is 5. The van der Waals surface area contributed by atoms with Crippen molar-refractivity contribution in [2.45, 2.75) is 6.92 Å². The fourth-order valence-electron chi connectivity index (χ4n) is 3.44. The second-order valence-electron chi connectivity index (χ2n) is 6.67. The molecule has 0 N–H and O–H groups in total. The molecule has 1 aliphatic heterocycles. The third-order valence-corrected chi connectivity index (χ3v) is 6.16. The summed E-state index contributed by atoms with van der Waals surface area (Å²) in [6.45, 7) is 5.10. The molecule has 0 spiro atoms. The molecule has 0 aliphatic carbocycles. The van der Waals surface area contributed by atoms with Gasteiger partial charge in [0.25, 0.3) is 5.89 Å². The molecule has 4 aromatic rings. The summed E-state index contributed by atoms with van der Waals surface area (Å²) in [6, 6.07) is 7.54. The fourth-order valence-corrected chi connectivity index (χ4v) is 4.50. The first-order chi connectivity index (χ1) is 14.2. The van der Waals surface area contributed by atoms with E-state index in [0.29, 0.717) is 25.0 Å². The quantitative estimate of drug-likeness (QED) is 0.506. The summed E-state index contributed by atoms with van der Waals surface area (Å²) in [7, 11) is 1.64. The average Bonchev–Trinajstić information content (AvgIpc) is 3.39. The van der Waals surface area contributed by atoms with Gasteiger partial charge in [0.05, 0.1) is 30.6 Å². The normalized spacial score (nSPS) is 14.5. The van der Waals surface area contributed by atoms with E-state index in [-0.39, 0.29) is 0 Å². The molecule has 5 rings (SSSR count). The van der Waals surface area contributed by atoms with Gasteiger partial charge in [-0.1, -0.05) is 0 Å². The summed E-state index contributed by atoms with van der Waals surface area (Å²) in [5.74, 6) is 2.68. The predicted molar refractivity (Wildman–Crippen MR) is 110 cm³/mol. The van der Waals surface area contributed by atoms with Crippen molar-refractivity contribution in [1.82, 2.24) is 20.2 Å². The van der Waals surface area contributed by atoms with Crippen LogP contribution in [0.1, 0.15) is 5.56 Å². The average molecular weight is 409 g/mol. The van der Waals surface area contributed by atoms with Gasteiger partial charge < -0.3 is 18.8 Å². The number of benzene rings is 1. The maximum Gasteiger partial charge on any atom is 0.258 e. The summed E-state index contributed by atoms with van der Waals surface area (Å²) >= 11 is 1.54. The topological polar surface area (TPSA) is 86.4 Å². The van der Waals surface area contributed by atoms with E-state index in [1.54, 1.807) is 24.8 Å². The van der Waals surface area contributed by atoms with Crippen molar-refractivity contribution in [1.29, 1.82) is 0 Å². The first-order valence-corrected chi connectivity index (χ1v) is 10.1. The van der Waals surface area contributed by atoms with Crippen LogP contribution in [-0.2, 0) is 4.74 Å². The Labute approximate surface area is 171 Å². The van der Waals surface area contributed by atoms with Crippen molar-refractivity contribution < 1.29 is 13.9 Å². The van der Waals surface area contributed by atoms with Crippen molar-refractivity contribution >= 4 is 27.4 Å². The van der Waals surface area contributed by atoms with Gasteiger partial charge in [-0.05, 0) is 36.8 Å². The van der Waals surface area contributed by atoms with Crippen LogP contribution in [0.3, 0.4) is 0 Å². The van der Waals surface area contributed by atoms with E-state index in [0.717, 1.165) is 50.9 Å². The molecule has 1 aromatic carbocycles. The zero-order valence-corrected chi connectivity index (χ0v) is 16.9. The van der Waals surface area contributed by atoms with Crippen LogP contribution in [0.15, 0.2) is 35.0 Å². The number of aryl methyl sites for hydroxylation is 1. The van der Waals surface area contributed by atoms with E-state index >= 15 is 0 Å². The van der Waals surface area contributed by atoms with E-state index in [1.807, 2.05) is 24.3 Å². The molecule has 0 saturated carbocycles. The second kappa shape index (κ2) is 7.41. The smallest absolute Gasteiger partial charge is 0.258 e. The first kappa shape index (κ1) is 18.0. The number of morpholine rings is 1. The Bertz CT molecular complexity index is 1150. The SMILES string of the molecule is COc1ccc(-c2nnc(-c3sc4ncnc(N5CCOCC5)c4c3C)o2)cc1. The van der Waals surface area contributed by atoms with Gasteiger partial charge in [0.1, 0.15) is 22.7 Å². The Balaban J connectivity index is 1.54. The minimum Gasteiger partial charge on any atom is -0.497 e. The Morgan fingerprint density at radius 2 is 1.79 bits per heavy atom. The number of methoxy groups -OCH3 is 1. The van der Waals surface area contributed by atoms with Crippen molar-refractivity contribution in [2.75, 3.05) is 38.3 Å². The summed E-state index contributed by atoms with van der Waals surface area (Å²) in [5, 5.41) is 9.55. The van der Waals surface area contributed by atoms with Gasteiger partial charge in [-0.15, -0.1) is 21.5 Å². The minimum atomic E-state index is 0.471.